The highest BCUT2D eigenvalue weighted by atomic mass is 19.1. The largest absolute Gasteiger partial charge is 0.489 e. The van der Waals surface area contributed by atoms with Crippen LogP contribution in [0.2, 0.25) is 0 Å². The maximum Gasteiger partial charge on any atom is 0.226 e. The van der Waals surface area contributed by atoms with E-state index in [2.05, 4.69) is 17.4 Å². The summed E-state index contributed by atoms with van der Waals surface area (Å²) in [5.41, 5.74) is 2.02. The summed E-state index contributed by atoms with van der Waals surface area (Å²) in [6, 6.07) is 8.35. The Morgan fingerprint density at radius 2 is 1.72 bits per heavy atom. The second kappa shape index (κ2) is 9.54. The van der Waals surface area contributed by atoms with Crippen LogP contribution in [-0.2, 0) is 14.9 Å². The smallest absolute Gasteiger partial charge is 0.226 e. The standard InChI is InChI=1S/C27H38FNO3/c1-3-21(19-28)20-32-23-7-5-22(6-8-23)25-11-14-26(15-12-25,16-13-25)24(30)29-18-17-27(31-2)9-4-10-27/h5-8,19H,3-4,9-18,20H2,1-2H3,(H,29,30)/b21-19+. The first-order valence-corrected chi connectivity index (χ1v) is 12.3. The lowest BCUT2D eigenvalue weighted by atomic mass is 9.51. The Morgan fingerprint density at radius 1 is 1.06 bits per heavy atom. The van der Waals surface area contributed by atoms with Crippen molar-refractivity contribution in [2.75, 3.05) is 20.3 Å². The first-order valence-electron chi connectivity index (χ1n) is 12.3. The van der Waals surface area contributed by atoms with E-state index >= 15 is 0 Å². The highest BCUT2D eigenvalue weighted by Gasteiger charge is 2.52. The molecule has 1 aromatic carbocycles. The number of rotatable bonds is 10. The summed E-state index contributed by atoms with van der Waals surface area (Å²) in [4.78, 5) is 13.1. The average molecular weight is 444 g/mol. The van der Waals surface area contributed by atoms with E-state index in [4.69, 9.17) is 9.47 Å². The molecule has 0 aliphatic heterocycles. The van der Waals surface area contributed by atoms with Crippen LogP contribution in [0.25, 0.3) is 0 Å². The molecule has 4 aliphatic rings. The van der Waals surface area contributed by atoms with Crippen molar-refractivity contribution in [2.24, 2.45) is 5.41 Å². The molecule has 0 heterocycles. The van der Waals surface area contributed by atoms with Gasteiger partial charge in [-0.05, 0) is 99.3 Å². The summed E-state index contributed by atoms with van der Waals surface area (Å²) in [7, 11) is 1.80. The van der Waals surface area contributed by atoms with E-state index < -0.39 is 0 Å². The van der Waals surface area contributed by atoms with Crippen LogP contribution in [0.15, 0.2) is 36.2 Å². The molecule has 176 valence electrons. The molecular formula is C27H38FNO3. The Balaban J connectivity index is 1.30. The number of nitrogens with one attached hydrogen (secondary N) is 1. The molecule has 0 unspecified atom stereocenters. The zero-order valence-electron chi connectivity index (χ0n) is 19.7. The first-order chi connectivity index (χ1) is 15.5. The number of halogens is 1. The molecule has 2 bridgehead atoms. The molecule has 1 N–H and O–H groups in total. The van der Waals surface area contributed by atoms with Crippen LogP contribution in [0.4, 0.5) is 4.39 Å². The van der Waals surface area contributed by atoms with Crippen molar-refractivity contribution in [3.05, 3.63) is 41.7 Å². The molecule has 4 fully saturated rings. The van der Waals surface area contributed by atoms with E-state index in [1.54, 1.807) is 7.11 Å². The van der Waals surface area contributed by atoms with E-state index in [1.165, 1.54) is 12.0 Å². The lowest BCUT2D eigenvalue weighted by Gasteiger charge is -2.53. The highest BCUT2D eigenvalue weighted by molar-refractivity contribution is 5.83. The second-order valence-corrected chi connectivity index (χ2v) is 10.2. The molecule has 0 aromatic heterocycles. The summed E-state index contributed by atoms with van der Waals surface area (Å²) in [5, 5.41) is 3.25. The fourth-order valence-electron chi connectivity index (χ4n) is 5.97. The van der Waals surface area contributed by atoms with E-state index in [0.717, 1.165) is 70.1 Å². The van der Waals surface area contributed by atoms with Gasteiger partial charge in [0.1, 0.15) is 12.4 Å². The van der Waals surface area contributed by atoms with Gasteiger partial charge in [-0.2, -0.15) is 0 Å². The Hall–Kier alpha value is -1.88. The Labute approximate surface area is 191 Å². The van der Waals surface area contributed by atoms with Crippen molar-refractivity contribution in [3.8, 4) is 5.75 Å². The van der Waals surface area contributed by atoms with Crippen molar-refractivity contribution in [1.29, 1.82) is 0 Å². The van der Waals surface area contributed by atoms with Gasteiger partial charge < -0.3 is 14.8 Å². The van der Waals surface area contributed by atoms with Crippen LogP contribution in [-0.4, -0.2) is 31.8 Å². The summed E-state index contributed by atoms with van der Waals surface area (Å²) in [5.74, 6) is 1.03. The van der Waals surface area contributed by atoms with Crippen LogP contribution >= 0.6 is 0 Å². The summed E-state index contributed by atoms with van der Waals surface area (Å²) in [6.45, 7) is 2.94. The molecule has 4 aliphatic carbocycles. The molecule has 5 heteroatoms. The van der Waals surface area contributed by atoms with Gasteiger partial charge in [-0.15, -0.1) is 0 Å². The predicted molar refractivity (Wildman–Crippen MR) is 124 cm³/mol. The number of fused-ring (bicyclic) bond motifs is 3. The SMILES string of the molecule is CC/C(=C\F)COc1ccc(C23CCC(C(=O)NCCC4(OC)CCC4)(CC2)CC3)cc1. The predicted octanol–water partition coefficient (Wildman–Crippen LogP) is 6.00. The van der Waals surface area contributed by atoms with Gasteiger partial charge in [0.25, 0.3) is 0 Å². The van der Waals surface area contributed by atoms with Crippen LogP contribution in [0, 0.1) is 5.41 Å². The Kier molecular flexibility index (Phi) is 6.94. The first kappa shape index (κ1) is 23.3. The number of hydrogen-bond donors (Lipinski definition) is 1. The average Bonchev–Trinajstić information content (AvgIpc) is 2.83. The fraction of sp³-hybridized carbons (Fsp3) is 0.667. The number of methoxy groups -OCH3 is 1. The number of carbonyl (C=O) groups excluding carboxylic acids is 1. The number of carbonyl (C=O) groups is 1. The van der Waals surface area contributed by atoms with Crippen LogP contribution in [0.5, 0.6) is 5.75 Å². The quantitative estimate of drug-likeness (QED) is 0.483. The minimum Gasteiger partial charge on any atom is -0.489 e. The minimum absolute atomic E-state index is 0.00930. The second-order valence-electron chi connectivity index (χ2n) is 10.2. The van der Waals surface area contributed by atoms with Gasteiger partial charge in [-0.3, -0.25) is 4.79 Å². The van der Waals surface area contributed by atoms with Crippen molar-refractivity contribution >= 4 is 5.91 Å². The normalized spacial score (nSPS) is 28.8. The van der Waals surface area contributed by atoms with Crippen LogP contribution in [0.3, 0.4) is 0 Å². The Morgan fingerprint density at radius 3 is 2.22 bits per heavy atom. The lowest BCUT2D eigenvalue weighted by Crippen LogP contribution is -2.52. The lowest BCUT2D eigenvalue weighted by molar-refractivity contribution is -0.138. The van der Waals surface area contributed by atoms with Crippen LogP contribution in [0.1, 0.15) is 83.1 Å². The molecule has 4 nitrogen and oxygen atoms in total. The van der Waals surface area contributed by atoms with Gasteiger partial charge in [-0.25, -0.2) is 4.39 Å². The molecule has 32 heavy (non-hydrogen) atoms. The molecule has 1 aromatic rings. The van der Waals surface area contributed by atoms with Crippen molar-refractivity contribution in [2.45, 2.75) is 88.6 Å². The molecule has 0 radical (unpaired) electrons. The monoisotopic (exact) mass is 443 g/mol. The van der Waals surface area contributed by atoms with Gasteiger partial charge in [0.15, 0.2) is 0 Å². The topological polar surface area (TPSA) is 47.6 Å². The third-order valence-corrected chi connectivity index (χ3v) is 8.79. The molecule has 0 spiro atoms. The van der Waals surface area contributed by atoms with Gasteiger partial charge in [0, 0.05) is 19.1 Å². The fourth-order valence-corrected chi connectivity index (χ4v) is 5.97. The van der Waals surface area contributed by atoms with Gasteiger partial charge in [0.05, 0.1) is 11.9 Å². The Bertz CT molecular complexity index is 798. The van der Waals surface area contributed by atoms with E-state index in [9.17, 15) is 9.18 Å². The maximum atomic E-state index is 13.1. The van der Waals surface area contributed by atoms with Gasteiger partial charge >= 0.3 is 0 Å². The molecule has 1 amide bonds. The van der Waals surface area contributed by atoms with E-state index in [1.807, 2.05) is 19.1 Å². The molecule has 5 rings (SSSR count). The van der Waals surface area contributed by atoms with Crippen molar-refractivity contribution < 1.29 is 18.7 Å². The minimum atomic E-state index is -0.181. The number of ether oxygens (including phenoxy) is 2. The molecular weight excluding hydrogens is 405 g/mol. The van der Waals surface area contributed by atoms with Crippen molar-refractivity contribution in [1.82, 2.24) is 5.32 Å². The third kappa shape index (κ3) is 4.46. The molecule has 4 saturated carbocycles. The zero-order valence-corrected chi connectivity index (χ0v) is 19.7. The van der Waals surface area contributed by atoms with Gasteiger partial charge in [-0.1, -0.05) is 19.1 Å². The van der Waals surface area contributed by atoms with E-state index in [0.29, 0.717) is 24.9 Å². The summed E-state index contributed by atoms with van der Waals surface area (Å²) >= 11 is 0. The molecule has 0 atom stereocenters. The summed E-state index contributed by atoms with van der Waals surface area (Å²) < 4.78 is 24.2. The zero-order chi connectivity index (χ0) is 22.7. The third-order valence-electron chi connectivity index (χ3n) is 8.79. The van der Waals surface area contributed by atoms with E-state index in [-0.39, 0.29) is 22.3 Å². The maximum absolute atomic E-state index is 13.1. The number of benzene rings is 1. The highest BCUT2D eigenvalue weighted by Crippen LogP contribution is 2.58. The van der Waals surface area contributed by atoms with Crippen LogP contribution < -0.4 is 10.1 Å². The molecule has 0 saturated heterocycles. The van der Waals surface area contributed by atoms with Gasteiger partial charge in [0.2, 0.25) is 5.91 Å². The van der Waals surface area contributed by atoms with Crippen molar-refractivity contribution in [3.63, 3.8) is 0 Å². The number of amides is 1. The number of hydrogen-bond acceptors (Lipinski definition) is 3. The summed E-state index contributed by atoms with van der Waals surface area (Å²) in [6.07, 6.45) is 11.8.